The molecule has 0 radical (unpaired) electrons. The number of carbonyl (C=O) groups excluding carboxylic acids is 1. The van der Waals surface area contributed by atoms with Crippen molar-refractivity contribution < 1.29 is 18.7 Å². The highest BCUT2D eigenvalue weighted by molar-refractivity contribution is 7.10. The summed E-state index contributed by atoms with van der Waals surface area (Å²) in [5, 5.41) is 1.97. The Morgan fingerprint density at radius 3 is 2.87 bits per heavy atom. The van der Waals surface area contributed by atoms with Gasteiger partial charge in [-0.25, -0.2) is 4.39 Å². The van der Waals surface area contributed by atoms with Gasteiger partial charge in [-0.2, -0.15) is 0 Å². The first kappa shape index (κ1) is 16.0. The molecule has 0 atom stereocenters. The van der Waals surface area contributed by atoms with Crippen molar-refractivity contribution in [2.45, 2.75) is 19.1 Å². The first-order valence-corrected chi connectivity index (χ1v) is 8.28. The second-order valence-electron chi connectivity index (χ2n) is 5.46. The van der Waals surface area contributed by atoms with Gasteiger partial charge in [0.15, 0.2) is 11.6 Å². The molecule has 1 saturated heterocycles. The number of thiophene rings is 1. The minimum atomic E-state index is -0.394. The molecule has 1 aliphatic rings. The maximum absolute atomic E-state index is 13.6. The summed E-state index contributed by atoms with van der Waals surface area (Å²) < 4.78 is 24.2. The minimum absolute atomic E-state index is 0.0208. The molecule has 0 saturated carbocycles. The minimum Gasteiger partial charge on any atom is -0.494 e. The van der Waals surface area contributed by atoms with Crippen LogP contribution in [0.2, 0.25) is 0 Å². The summed E-state index contributed by atoms with van der Waals surface area (Å²) in [5.41, 5.74) is 0.756. The van der Waals surface area contributed by atoms with E-state index in [1.807, 2.05) is 17.5 Å². The van der Waals surface area contributed by atoms with Crippen LogP contribution in [0.3, 0.4) is 0 Å². The second kappa shape index (κ2) is 7.10. The van der Waals surface area contributed by atoms with Gasteiger partial charge in [0.25, 0.3) is 0 Å². The van der Waals surface area contributed by atoms with Gasteiger partial charge in [-0.15, -0.1) is 11.3 Å². The number of likely N-dealkylation sites (tertiary alicyclic amines) is 1. The summed E-state index contributed by atoms with van der Waals surface area (Å²) in [6.45, 7) is 1.53. The summed E-state index contributed by atoms with van der Waals surface area (Å²) in [6.07, 6.45) is 0.473. The van der Waals surface area contributed by atoms with Crippen LogP contribution in [0.4, 0.5) is 4.39 Å². The van der Waals surface area contributed by atoms with Gasteiger partial charge in [-0.05, 0) is 29.1 Å². The Morgan fingerprint density at radius 2 is 2.22 bits per heavy atom. The number of halogens is 1. The first-order valence-electron chi connectivity index (χ1n) is 7.40. The lowest BCUT2D eigenvalue weighted by atomic mass is 10.1. The lowest BCUT2D eigenvalue weighted by molar-refractivity contribution is -0.145. The third-order valence-corrected chi connectivity index (χ3v) is 4.68. The molecule has 3 rings (SSSR count). The van der Waals surface area contributed by atoms with Crippen molar-refractivity contribution in [3.05, 3.63) is 52.0 Å². The molecule has 1 amide bonds. The lowest BCUT2D eigenvalue weighted by Crippen LogP contribution is -2.55. The molecule has 1 aliphatic heterocycles. The van der Waals surface area contributed by atoms with Crippen molar-refractivity contribution in [3.8, 4) is 5.75 Å². The molecule has 23 heavy (non-hydrogen) atoms. The van der Waals surface area contributed by atoms with Crippen molar-refractivity contribution >= 4 is 17.2 Å². The molecule has 0 N–H and O–H groups in total. The number of amides is 1. The highest BCUT2D eigenvalue weighted by atomic mass is 32.1. The van der Waals surface area contributed by atoms with E-state index >= 15 is 0 Å². The number of hydrogen-bond acceptors (Lipinski definition) is 4. The van der Waals surface area contributed by atoms with Gasteiger partial charge in [-0.3, -0.25) is 4.79 Å². The molecule has 122 valence electrons. The van der Waals surface area contributed by atoms with Crippen LogP contribution in [0.5, 0.6) is 5.75 Å². The number of hydrogen-bond donors (Lipinski definition) is 0. The van der Waals surface area contributed by atoms with E-state index in [4.69, 9.17) is 9.47 Å². The van der Waals surface area contributed by atoms with Crippen molar-refractivity contribution in [1.82, 2.24) is 4.90 Å². The Bertz CT molecular complexity index is 668. The molecular weight excluding hydrogens is 317 g/mol. The van der Waals surface area contributed by atoms with Gasteiger partial charge in [0.1, 0.15) is 0 Å². The average Bonchev–Trinajstić information content (AvgIpc) is 2.98. The Labute approximate surface area is 138 Å². The Balaban J connectivity index is 1.42. The molecule has 4 nitrogen and oxygen atoms in total. The van der Waals surface area contributed by atoms with E-state index in [0.717, 1.165) is 10.4 Å². The van der Waals surface area contributed by atoms with Gasteiger partial charge in [0.05, 0.1) is 26.2 Å². The van der Waals surface area contributed by atoms with Gasteiger partial charge >= 0.3 is 0 Å². The summed E-state index contributed by atoms with van der Waals surface area (Å²) in [7, 11) is 1.44. The van der Waals surface area contributed by atoms with E-state index in [1.165, 1.54) is 13.2 Å². The Morgan fingerprint density at radius 1 is 1.39 bits per heavy atom. The van der Waals surface area contributed by atoms with Crippen LogP contribution in [0.15, 0.2) is 35.7 Å². The average molecular weight is 335 g/mol. The number of rotatable bonds is 6. The molecule has 0 aliphatic carbocycles. The molecule has 0 bridgehead atoms. The smallest absolute Gasteiger partial charge is 0.228 e. The summed E-state index contributed by atoms with van der Waals surface area (Å²) in [4.78, 5) is 14.9. The van der Waals surface area contributed by atoms with E-state index in [0.29, 0.717) is 26.1 Å². The van der Waals surface area contributed by atoms with Crippen molar-refractivity contribution in [2.75, 3.05) is 20.2 Å². The van der Waals surface area contributed by atoms with Crippen molar-refractivity contribution in [2.24, 2.45) is 0 Å². The van der Waals surface area contributed by atoms with Crippen LogP contribution in [0.25, 0.3) is 0 Å². The molecular formula is C17H18FNO3S. The Hall–Kier alpha value is -1.92. The van der Waals surface area contributed by atoms with E-state index in [9.17, 15) is 9.18 Å². The second-order valence-corrected chi connectivity index (χ2v) is 6.49. The lowest BCUT2D eigenvalue weighted by Gasteiger charge is -2.39. The van der Waals surface area contributed by atoms with Gasteiger partial charge < -0.3 is 14.4 Å². The van der Waals surface area contributed by atoms with Crippen LogP contribution in [-0.4, -0.2) is 37.1 Å². The fraction of sp³-hybridized carbons (Fsp3) is 0.353. The number of methoxy groups -OCH3 is 1. The molecule has 2 aromatic rings. The summed E-state index contributed by atoms with van der Waals surface area (Å²) >= 11 is 1.59. The van der Waals surface area contributed by atoms with E-state index in [-0.39, 0.29) is 17.8 Å². The van der Waals surface area contributed by atoms with E-state index in [1.54, 1.807) is 28.4 Å². The van der Waals surface area contributed by atoms with Gasteiger partial charge in [0, 0.05) is 18.0 Å². The zero-order chi connectivity index (χ0) is 16.2. The molecule has 6 heteroatoms. The van der Waals surface area contributed by atoms with Gasteiger partial charge in [0.2, 0.25) is 5.91 Å². The van der Waals surface area contributed by atoms with Crippen molar-refractivity contribution in [3.63, 3.8) is 0 Å². The number of ether oxygens (including phenoxy) is 2. The highest BCUT2D eigenvalue weighted by Crippen LogP contribution is 2.20. The van der Waals surface area contributed by atoms with Crippen LogP contribution in [0.1, 0.15) is 10.4 Å². The zero-order valence-corrected chi connectivity index (χ0v) is 13.6. The SMILES string of the molecule is COc1ccc(COC2CN(C(=O)Cc3cccs3)C2)cc1F. The first-order chi connectivity index (χ1) is 11.2. The topological polar surface area (TPSA) is 38.8 Å². The van der Waals surface area contributed by atoms with Crippen LogP contribution >= 0.6 is 11.3 Å². The highest BCUT2D eigenvalue weighted by Gasteiger charge is 2.31. The van der Waals surface area contributed by atoms with Crippen LogP contribution in [0, 0.1) is 5.82 Å². The molecule has 0 spiro atoms. The normalized spacial score (nSPS) is 14.6. The van der Waals surface area contributed by atoms with E-state index in [2.05, 4.69) is 0 Å². The third kappa shape index (κ3) is 3.89. The molecule has 1 aromatic carbocycles. The maximum Gasteiger partial charge on any atom is 0.228 e. The molecule has 0 unspecified atom stereocenters. The van der Waals surface area contributed by atoms with Crippen LogP contribution < -0.4 is 4.74 Å². The monoisotopic (exact) mass is 335 g/mol. The fourth-order valence-electron chi connectivity index (χ4n) is 2.43. The number of carbonyl (C=O) groups is 1. The third-order valence-electron chi connectivity index (χ3n) is 3.81. The predicted octanol–water partition coefficient (Wildman–Crippen LogP) is 2.87. The fourth-order valence-corrected chi connectivity index (χ4v) is 3.13. The maximum atomic E-state index is 13.6. The van der Waals surface area contributed by atoms with Crippen molar-refractivity contribution in [1.29, 1.82) is 0 Å². The molecule has 1 aromatic heterocycles. The zero-order valence-electron chi connectivity index (χ0n) is 12.8. The van der Waals surface area contributed by atoms with E-state index < -0.39 is 5.82 Å². The largest absolute Gasteiger partial charge is 0.494 e. The molecule has 2 heterocycles. The summed E-state index contributed by atoms with van der Waals surface area (Å²) in [6, 6.07) is 8.70. The predicted molar refractivity (Wildman–Crippen MR) is 86.1 cm³/mol. The number of benzene rings is 1. The Kier molecular flexibility index (Phi) is 4.93. The summed E-state index contributed by atoms with van der Waals surface area (Å²) in [5.74, 6) is -0.0412. The number of nitrogens with zero attached hydrogens (tertiary/aromatic N) is 1. The quantitative estimate of drug-likeness (QED) is 0.815. The van der Waals surface area contributed by atoms with Gasteiger partial charge in [-0.1, -0.05) is 12.1 Å². The standard InChI is InChI=1S/C17H18FNO3S/c1-21-16-5-4-12(7-15(16)18)11-22-13-9-19(10-13)17(20)8-14-3-2-6-23-14/h2-7,13H,8-11H2,1H3. The van der Waals surface area contributed by atoms with Crippen LogP contribution in [-0.2, 0) is 22.6 Å². The molecule has 1 fully saturated rings.